The van der Waals surface area contributed by atoms with Gasteiger partial charge in [-0.25, -0.2) is 5.32 Å². The number of nitrogens with zero attached hydrogens (tertiary/aromatic N) is 1. The van der Waals surface area contributed by atoms with Crippen LogP contribution in [0.4, 0.5) is 0 Å². The monoisotopic (exact) mass is 111 g/mol. The first-order valence-electron chi connectivity index (χ1n) is 3.30. The fraction of sp³-hybridized carbons (Fsp3) is 1.00. The van der Waals surface area contributed by atoms with E-state index in [-0.39, 0.29) is 0 Å². The second-order valence-corrected chi connectivity index (χ2v) is 2.80. The molecule has 0 atom stereocenters. The molecule has 2 heterocycles. The van der Waals surface area contributed by atoms with Crippen LogP contribution in [0.15, 0.2) is 0 Å². The van der Waals surface area contributed by atoms with E-state index in [4.69, 9.17) is 0 Å². The molecule has 0 amide bonds. The Balaban J connectivity index is 1.95. The Morgan fingerprint density at radius 2 is 1.88 bits per heavy atom. The van der Waals surface area contributed by atoms with Crippen LogP contribution in [0, 0.1) is 0 Å². The molecule has 2 heteroatoms. The SMILES string of the molecule is C1CC2(CC[N]1)CN2. The average Bonchev–Trinajstić information content (AvgIpc) is 2.52. The number of nitrogens with one attached hydrogen (secondary N) is 1. The van der Waals surface area contributed by atoms with Gasteiger partial charge in [-0.3, -0.25) is 0 Å². The van der Waals surface area contributed by atoms with Crippen LogP contribution in [0.5, 0.6) is 0 Å². The van der Waals surface area contributed by atoms with Crippen molar-refractivity contribution in [3.05, 3.63) is 0 Å². The predicted octanol–water partition coefficient (Wildman–Crippen LogP) is -0.273. The Hall–Kier alpha value is -0.0800. The van der Waals surface area contributed by atoms with Gasteiger partial charge in [0.25, 0.3) is 0 Å². The summed E-state index contributed by atoms with van der Waals surface area (Å²) in [5, 5.41) is 7.66. The van der Waals surface area contributed by atoms with E-state index in [2.05, 4.69) is 10.6 Å². The third kappa shape index (κ3) is 0.644. The van der Waals surface area contributed by atoms with Crippen LogP contribution >= 0.6 is 0 Å². The summed E-state index contributed by atoms with van der Waals surface area (Å²) in [5.41, 5.74) is 0.585. The smallest absolute Gasteiger partial charge is 0.0332 e. The van der Waals surface area contributed by atoms with Crippen molar-refractivity contribution in [3.63, 3.8) is 0 Å². The van der Waals surface area contributed by atoms with Crippen molar-refractivity contribution >= 4 is 0 Å². The normalized spacial score (nSPS) is 33.0. The van der Waals surface area contributed by atoms with Crippen molar-refractivity contribution in [3.8, 4) is 0 Å². The van der Waals surface area contributed by atoms with Crippen LogP contribution in [0.1, 0.15) is 12.8 Å². The van der Waals surface area contributed by atoms with Crippen LogP contribution < -0.4 is 10.6 Å². The molecule has 2 rings (SSSR count). The summed E-state index contributed by atoms with van der Waals surface area (Å²) in [6.07, 6.45) is 2.57. The largest absolute Gasteiger partial charge is 0.308 e. The van der Waals surface area contributed by atoms with E-state index in [0.717, 1.165) is 13.1 Å². The number of hydrogen-bond donors (Lipinski definition) is 1. The number of rotatable bonds is 0. The van der Waals surface area contributed by atoms with Gasteiger partial charge in [0.2, 0.25) is 0 Å². The van der Waals surface area contributed by atoms with E-state index in [1.165, 1.54) is 19.4 Å². The molecule has 1 radical (unpaired) electrons. The Morgan fingerprint density at radius 3 is 2.25 bits per heavy atom. The predicted molar refractivity (Wildman–Crippen MR) is 31.8 cm³/mol. The molecule has 0 bridgehead atoms. The van der Waals surface area contributed by atoms with Crippen LogP contribution in [0.3, 0.4) is 0 Å². The van der Waals surface area contributed by atoms with Gasteiger partial charge in [-0.15, -0.1) is 0 Å². The summed E-state index contributed by atoms with van der Waals surface area (Å²) in [7, 11) is 0. The molecular formula is C6H11N2. The molecule has 8 heavy (non-hydrogen) atoms. The van der Waals surface area contributed by atoms with Crippen molar-refractivity contribution in [1.29, 1.82) is 0 Å². The highest BCUT2D eigenvalue weighted by Gasteiger charge is 2.42. The highest BCUT2D eigenvalue weighted by molar-refractivity contribution is 5.05. The zero-order valence-corrected chi connectivity index (χ0v) is 4.98. The lowest BCUT2D eigenvalue weighted by Crippen LogP contribution is -2.30. The fourth-order valence-electron chi connectivity index (χ4n) is 1.30. The van der Waals surface area contributed by atoms with E-state index in [1.807, 2.05) is 0 Å². The van der Waals surface area contributed by atoms with Crippen molar-refractivity contribution in [2.45, 2.75) is 18.4 Å². The average molecular weight is 111 g/mol. The van der Waals surface area contributed by atoms with Gasteiger partial charge in [-0.2, -0.15) is 0 Å². The molecule has 0 unspecified atom stereocenters. The van der Waals surface area contributed by atoms with Gasteiger partial charge in [0.15, 0.2) is 0 Å². The number of hydrogen-bond acceptors (Lipinski definition) is 1. The van der Waals surface area contributed by atoms with E-state index >= 15 is 0 Å². The molecule has 1 spiro atoms. The molecule has 0 aromatic heterocycles. The lowest BCUT2D eigenvalue weighted by atomic mass is 9.99. The molecule has 2 saturated heterocycles. The molecule has 45 valence electrons. The highest BCUT2D eigenvalue weighted by Crippen LogP contribution is 2.27. The molecule has 1 N–H and O–H groups in total. The number of piperidine rings is 1. The summed E-state index contributed by atoms with van der Waals surface area (Å²) in [6, 6.07) is 0. The molecule has 0 saturated carbocycles. The molecular weight excluding hydrogens is 100 g/mol. The summed E-state index contributed by atoms with van der Waals surface area (Å²) in [5.74, 6) is 0. The summed E-state index contributed by atoms with van der Waals surface area (Å²) < 4.78 is 0. The van der Waals surface area contributed by atoms with E-state index in [9.17, 15) is 0 Å². The second kappa shape index (κ2) is 1.45. The van der Waals surface area contributed by atoms with Gasteiger partial charge in [-0.1, -0.05) is 0 Å². The second-order valence-electron chi connectivity index (χ2n) is 2.80. The minimum Gasteiger partial charge on any atom is -0.308 e. The minimum absolute atomic E-state index is 0.585. The van der Waals surface area contributed by atoms with E-state index < -0.39 is 0 Å². The molecule has 2 fully saturated rings. The maximum atomic E-state index is 4.27. The summed E-state index contributed by atoms with van der Waals surface area (Å²) in [4.78, 5) is 0. The lowest BCUT2D eigenvalue weighted by molar-refractivity contribution is 0.422. The van der Waals surface area contributed by atoms with Crippen molar-refractivity contribution < 1.29 is 0 Å². The lowest BCUT2D eigenvalue weighted by Gasteiger charge is -2.18. The standard InChI is InChI=1S/C6H11N2/c1-3-7-4-2-6(1)5-8-6/h8H,1-5H2. The Morgan fingerprint density at radius 1 is 1.25 bits per heavy atom. The Bertz CT molecular complexity index is 88.7. The first-order chi connectivity index (χ1) is 3.91. The Labute approximate surface area is 49.7 Å². The molecule has 2 aliphatic rings. The van der Waals surface area contributed by atoms with Gasteiger partial charge in [-0.05, 0) is 12.8 Å². The van der Waals surface area contributed by atoms with Gasteiger partial charge in [0, 0.05) is 25.2 Å². The Kier molecular flexibility index (Phi) is 0.866. The fourth-order valence-corrected chi connectivity index (χ4v) is 1.30. The van der Waals surface area contributed by atoms with E-state index in [0.29, 0.717) is 5.54 Å². The quantitative estimate of drug-likeness (QED) is 0.429. The zero-order valence-electron chi connectivity index (χ0n) is 4.98. The van der Waals surface area contributed by atoms with Crippen LogP contribution in [0.25, 0.3) is 0 Å². The van der Waals surface area contributed by atoms with E-state index in [1.54, 1.807) is 0 Å². The highest BCUT2D eigenvalue weighted by atomic mass is 15.2. The maximum absolute atomic E-state index is 4.27. The van der Waals surface area contributed by atoms with Gasteiger partial charge in [0.05, 0.1) is 0 Å². The van der Waals surface area contributed by atoms with Crippen LogP contribution in [-0.2, 0) is 0 Å². The molecule has 0 aromatic rings. The van der Waals surface area contributed by atoms with Crippen LogP contribution in [0.2, 0.25) is 0 Å². The van der Waals surface area contributed by atoms with Gasteiger partial charge in [0.1, 0.15) is 0 Å². The van der Waals surface area contributed by atoms with Crippen molar-refractivity contribution in [2.75, 3.05) is 19.6 Å². The summed E-state index contributed by atoms with van der Waals surface area (Å²) in [6.45, 7) is 3.43. The minimum atomic E-state index is 0.585. The summed E-state index contributed by atoms with van der Waals surface area (Å²) >= 11 is 0. The third-order valence-corrected chi connectivity index (χ3v) is 2.17. The zero-order chi connectivity index (χ0) is 5.45. The van der Waals surface area contributed by atoms with Crippen LogP contribution in [-0.4, -0.2) is 25.2 Å². The van der Waals surface area contributed by atoms with Crippen molar-refractivity contribution in [1.82, 2.24) is 10.6 Å². The molecule has 0 aliphatic carbocycles. The maximum Gasteiger partial charge on any atom is 0.0332 e. The van der Waals surface area contributed by atoms with Crippen molar-refractivity contribution in [2.24, 2.45) is 0 Å². The third-order valence-electron chi connectivity index (χ3n) is 2.17. The van der Waals surface area contributed by atoms with Gasteiger partial charge < -0.3 is 5.32 Å². The topological polar surface area (TPSA) is 36.0 Å². The molecule has 2 nitrogen and oxygen atoms in total. The van der Waals surface area contributed by atoms with Gasteiger partial charge >= 0.3 is 0 Å². The first-order valence-corrected chi connectivity index (χ1v) is 3.30. The molecule has 2 aliphatic heterocycles. The first kappa shape index (κ1) is 4.77. The molecule has 0 aromatic carbocycles.